The van der Waals surface area contributed by atoms with Crippen LogP contribution in [0.15, 0.2) is 236 Å². The second-order valence-corrected chi connectivity index (χ2v) is 20.2. The Labute approximate surface area is 437 Å². The quantitative estimate of drug-likeness (QED) is 0.138. The Morgan fingerprint density at radius 3 is 1.80 bits per heavy atom. The van der Waals surface area contributed by atoms with E-state index in [0.717, 1.165) is 62.5 Å². The summed E-state index contributed by atoms with van der Waals surface area (Å²) in [7, 11) is 19.7. The van der Waals surface area contributed by atoms with Crippen LogP contribution in [0.1, 0.15) is 52.3 Å². The Kier molecular flexibility index (Phi) is 11.0. The highest BCUT2D eigenvalue weighted by Crippen LogP contribution is 2.51. The van der Waals surface area contributed by atoms with Gasteiger partial charge >= 0.3 is 0 Å². The minimum atomic E-state index is -0.261. The van der Waals surface area contributed by atoms with E-state index in [4.69, 9.17) is 23.5 Å². The van der Waals surface area contributed by atoms with Crippen molar-refractivity contribution in [2.45, 2.75) is 32.6 Å². The van der Waals surface area contributed by atoms with Gasteiger partial charge in [-0.25, -0.2) is 0 Å². The van der Waals surface area contributed by atoms with Crippen LogP contribution in [-0.2, 0) is 5.41 Å². The summed E-state index contributed by atoms with van der Waals surface area (Å²) in [5.74, 6) is 0. The molecule has 1 heterocycles. The molecule has 0 bridgehead atoms. The maximum atomic E-state index is 6.65. The Balaban J connectivity index is 0.902. The lowest BCUT2D eigenvalue weighted by Gasteiger charge is -2.34. The number of hydrogen-bond donors (Lipinski definition) is 0. The van der Waals surface area contributed by atoms with E-state index in [9.17, 15) is 0 Å². The lowest BCUT2D eigenvalue weighted by atomic mass is 9.68. The summed E-state index contributed by atoms with van der Waals surface area (Å²) in [5.41, 5.74) is 23.0. The Bertz CT molecular complexity index is 4090. The molecule has 0 amide bonds. The van der Waals surface area contributed by atoms with Gasteiger partial charge in [0, 0.05) is 38.9 Å². The maximum Gasteiger partial charge on any atom is 0.114 e. The van der Waals surface area contributed by atoms with Crippen LogP contribution in [0.4, 0.5) is 11.4 Å². The third-order valence-corrected chi connectivity index (χ3v) is 15.9. The molecule has 11 aromatic rings. The first-order valence-electron chi connectivity index (χ1n) is 25.5. The number of allylic oxidation sites excluding steroid dienone is 3. The average Bonchev–Trinajstić information content (AvgIpc) is 3.97. The van der Waals surface area contributed by atoms with Crippen molar-refractivity contribution in [1.29, 1.82) is 0 Å². The molecular weight excluding hydrogens is 889 g/mol. The molecule has 2 aliphatic carbocycles. The van der Waals surface area contributed by atoms with Crippen LogP contribution < -0.4 is 21.3 Å². The summed E-state index contributed by atoms with van der Waals surface area (Å²) in [6.07, 6.45) is 8.02. The predicted molar refractivity (Wildman–Crippen MR) is 317 cm³/mol. The summed E-state index contributed by atoms with van der Waals surface area (Å²) >= 11 is 0. The van der Waals surface area contributed by atoms with Crippen molar-refractivity contribution in [3.05, 3.63) is 275 Å². The molecule has 10 aromatic carbocycles. The van der Waals surface area contributed by atoms with Gasteiger partial charge in [-0.3, -0.25) is 0 Å². The lowest BCUT2D eigenvalue weighted by Crippen LogP contribution is -2.34. The first-order valence-corrected chi connectivity index (χ1v) is 25.5. The van der Waals surface area contributed by atoms with E-state index in [1.165, 1.54) is 71.6 Å². The van der Waals surface area contributed by atoms with Gasteiger partial charge < -0.3 is 9.47 Å². The topological polar surface area (TPSA) is 8.17 Å². The molecule has 0 saturated heterocycles. The van der Waals surface area contributed by atoms with Crippen LogP contribution in [0.3, 0.4) is 0 Å². The molecule has 1 unspecified atom stereocenters. The summed E-state index contributed by atoms with van der Waals surface area (Å²) in [6, 6.07) is 77.5. The molecule has 13 rings (SSSR count). The summed E-state index contributed by atoms with van der Waals surface area (Å²) in [5, 5.41) is 4.85. The van der Waals surface area contributed by atoms with Crippen molar-refractivity contribution in [2.24, 2.45) is 0 Å². The van der Waals surface area contributed by atoms with E-state index in [-0.39, 0.29) is 5.41 Å². The third kappa shape index (κ3) is 7.36. The van der Waals surface area contributed by atoms with Crippen molar-refractivity contribution >= 4 is 95.0 Å². The zero-order valence-electron chi connectivity index (χ0n) is 41.8. The highest BCUT2D eigenvalue weighted by atomic mass is 15.1. The number of benzene rings is 10. The molecule has 2 aliphatic rings. The molecule has 1 aromatic heterocycles. The first kappa shape index (κ1) is 45.3. The molecule has 0 saturated carbocycles. The third-order valence-electron chi connectivity index (χ3n) is 15.9. The van der Waals surface area contributed by atoms with Gasteiger partial charge in [0.15, 0.2) is 0 Å². The van der Waals surface area contributed by atoms with Crippen LogP contribution in [0.2, 0.25) is 0 Å². The zero-order chi connectivity index (χ0) is 50.2. The number of fused-ring (bicyclic) bond motifs is 7. The molecule has 1 atom stereocenters. The van der Waals surface area contributed by atoms with Crippen molar-refractivity contribution in [3.63, 3.8) is 0 Å². The van der Waals surface area contributed by atoms with Crippen LogP contribution >= 0.6 is 0 Å². The van der Waals surface area contributed by atoms with Gasteiger partial charge in [-0.05, 0) is 153 Å². The van der Waals surface area contributed by atoms with Gasteiger partial charge in [0.2, 0.25) is 0 Å². The van der Waals surface area contributed by atoms with Gasteiger partial charge in [0.05, 0.1) is 11.0 Å². The van der Waals surface area contributed by atoms with E-state index >= 15 is 0 Å². The minimum absolute atomic E-state index is 0.261. The van der Waals surface area contributed by atoms with Crippen molar-refractivity contribution in [1.82, 2.24) is 4.57 Å². The number of hydrogen-bond acceptors (Lipinski definition) is 1. The van der Waals surface area contributed by atoms with Crippen LogP contribution in [0.5, 0.6) is 0 Å². The minimum Gasteiger partial charge on any atom is -0.311 e. The van der Waals surface area contributed by atoms with Crippen LogP contribution in [-0.4, -0.2) is 28.1 Å². The average molecular weight is 939 g/mol. The summed E-state index contributed by atoms with van der Waals surface area (Å²) < 4.78 is 2.36. The highest BCUT2D eigenvalue weighted by Gasteiger charge is 2.31. The van der Waals surface area contributed by atoms with Crippen LogP contribution in [0, 0.1) is 13.8 Å². The second kappa shape index (κ2) is 17.9. The Morgan fingerprint density at radius 1 is 0.500 bits per heavy atom. The fourth-order valence-electron chi connectivity index (χ4n) is 11.8. The standard InChI is InChI=1S/C69H49B3N2/c1-43-66(70)44(2)68(72)64(67(43)71)48-27-30-51(31-28-48)74-61-25-15-14-23-57(61)59-41-50(29-35-62(59)74)69(3)38-36-52(37-39-69)73(53-32-26-45-16-10-11-21-49(45)40-53)54-33-34-56-55-22-12-13-24-58(55)65(60(56)42-54)63(46-17-6-4-7-18-46)47-19-8-5-9-20-47/h4-38,40-42H,39H2,1-3H3. The number of rotatable bonds is 8. The maximum absolute atomic E-state index is 6.65. The van der Waals surface area contributed by atoms with Crippen molar-refractivity contribution in [2.75, 3.05) is 4.90 Å². The zero-order valence-corrected chi connectivity index (χ0v) is 41.8. The molecule has 0 spiro atoms. The van der Waals surface area contributed by atoms with Crippen molar-refractivity contribution < 1.29 is 0 Å². The number of nitrogens with zero attached hydrogens (tertiary/aromatic N) is 2. The SMILES string of the molecule is [B]c1c(C)c([B])c(-c2ccc(-n3c4ccccc4c4cc(C5(C)C=CC(N(c6ccc7c(c6)C(=C(c6ccccc6)c6ccccc6)c6ccccc6-7)c6ccc7ccccc7c6)=CC5)ccc43)cc2)c([B])c1C. The summed E-state index contributed by atoms with van der Waals surface area (Å²) in [4.78, 5) is 2.45. The largest absolute Gasteiger partial charge is 0.311 e. The Morgan fingerprint density at radius 2 is 1.09 bits per heavy atom. The fraction of sp³-hybridized carbons (Fsp3) is 0.0725. The molecule has 5 heteroatoms. The van der Waals surface area contributed by atoms with E-state index in [2.05, 4.69) is 247 Å². The molecule has 0 fully saturated rings. The lowest BCUT2D eigenvalue weighted by molar-refractivity contribution is 0.596. The van der Waals surface area contributed by atoms with E-state index in [1.807, 2.05) is 13.8 Å². The summed E-state index contributed by atoms with van der Waals surface area (Å²) in [6.45, 7) is 6.28. The van der Waals surface area contributed by atoms with E-state index < -0.39 is 0 Å². The van der Waals surface area contributed by atoms with Crippen LogP contribution in [0.25, 0.3) is 71.7 Å². The molecule has 6 radical (unpaired) electrons. The van der Waals surface area contributed by atoms with Gasteiger partial charge in [-0.2, -0.15) is 0 Å². The van der Waals surface area contributed by atoms with Gasteiger partial charge in [0.1, 0.15) is 23.5 Å². The van der Waals surface area contributed by atoms with Gasteiger partial charge in [-0.15, -0.1) is 0 Å². The number of anilines is 2. The molecule has 344 valence electrons. The molecular formula is C69H49B3N2. The smallest absolute Gasteiger partial charge is 0.114 e. The first-order chi connectivity index (χ1) is 36.1. The number of aromatic nitrogens is 1. The van der Waals surface area contributed by atoms with E-state index in [0.29, 0.717) is 16.4 Å². The molecule has 0 aliphatic heterocycles. The van der Waals surface area contributed by atoms with Gasteiger partial charge in [-0.1, -0.05) is 204 Å². The number of para-hydroxylation sites is 1. The molecule has 74 heavy (non-hydrogen) atoms. The van der Waals surface area contributed by atoms with Gasteiger partial charge in [0.25, 0.3) is 0 Å². The monoisotopic (exact) mass is 938 g/mol. The second-order valence-electron chi connectivity index (χ2n) is 20.2. The molecule has 2 nitrogen and oxygen atoms in total. The molecule has 0 N–H and O–H groups in total. The normalized spacial score (nSPS) is 14.9. The fourth-order valence-corrected chi connectivity index (χ4v) is 11.8. The predicted octanol–water partition coefficient (Wildman–Crippen LogP) is 14.5. The Hall–Kier alpha value is -8.53. The highest BCUT2D eigenvalue weighted by molar-refractivity contribution is 6.49. The van der Waals surface area contributed by atoms with E-state index in [1.54, 1.807) is 0 Å². The van der Waals surface area contributed by atoms with Crippen molar-refractivity contribution in [3.8, 4) is 27.9 Å².